The second-order valence-electron chi connectivity index (χ2n) is 9.09. The molecule has 3 rings (SSSR count). The van der Waals surface area contributed by atoms with Crippen molar-refractivity contribution in [2.24, 2.45) is 11.8 Å². The molecule has 1 fully saturated rings. The molecule has 0 bridgehead atoms. The molecule has 0 spiro atoms. The maximum absolute atomic E-state index is 8.81. The van der Waals surface area contributed by atoms with E-state index in [1.165, 1.54) is 74.5 Å². The summed E-state index contributed by atoms with van der Waals surface area (Å²) in [6.07, 6.45) is 13.0. The molecule has 1 aliphatic rings. The summed E-state index contributed by atoms with van der Waals surface area (Å²) in [5.74, 6) is 2.59. The summed E-state index contributed by atoms with van der Waals surface area (Å²) in [5.41, 5.74) is 5.11. The van der Waals surface area contributed by atoms with Gasteiger partial charge < -0.3 is 0 Å². The molecule has 1 saturated carbocycles. The molecule has 2 aromatic carbocycles. The number of hydrogen-bond acceptors (Lipinski definition) is 1. The SMILES string of the molecule is CCCCCCC(C)[C@H]1CC[C@H](c2ccc(-c3ccc(CC#N)cc3)cc2)CC1. The second-order valence-corrected chi connectivity index (χ2v) is 9.09. The van der Waals surface area contributed by atoms with E-state index in [4.69, 9.17) is 5.26 Å². The fourth-order valence-electron chi connectivity index (χ4n) is 5.00. The van der Waals surface area contributed by atoms with Crippen LogP contribution in [-0.2, 0) is 6.42 Å². The van der Waals surface area contributed by atoms with Crippen molar-refractivity contribution in [3.05, 3.63) is 59.7 Å². The average molecular weight is 388 g/mol. The topological polar surface area (TPSA) is 23.8 Å². The first kappa shape index (κ1) is 21.6. The molecule has 0 heterocycles. The van der Waals surface area contributed by atoms with Gasteiger partial charge in [-0.05, 0) is 65.7 Å². The Morgan fingerprint density at radius 3 is 2.07 bits per heavy atom. The van der Waals surface area contributed by atoms with Crippen molar-refractivity contribution in [3.63, 3.8) is 0 Å². The summed E-state index contributed by atoms with van der Waals surface area (Å²) in [6, 6.07) is 19.9. The van der Waals surface area contributed by atoms with Gasteiger partial charge >= 0.3 is 0 Å². The van der Waals surface area contributed by atoms with Crippen molar-refractivity contribution in [3.8, 4) is 17.2 Å². The van der Waals surface area contributed by atoms with Crippen molar-refractivity contribution < 1.29 is 0 Å². The fourth-order valence-corrected chi connectivity index (χ4v) is 5.00. The smallest absolute Gasteiger partial charge is 0.0669 e. The summed E-state index contributed by atoms with van der Waals surface area (Å²) >= 11 is 0. The summed E-state index contributed by atoms with van der Waals surface area (Å²) < 4.78 is 0. The lowest BCUT2D eigenvalue weighted by Crippen LogP contribution is -2.19. The molecular weight excluding hydrogens is 350 g/mol. The zero-order valence-corrected chi connectivity index (χ0v) is 18.4. The third kappa shape index (κ3) is 6.20. The van der Waals surface area contributed by atoms with Gasteiger partial charge in [-0.2, -0.15) is 5.26 Å². The van der Waals surface area contributed by atoms with Crippen LogP contribution in [0.25, 0.3) is 11.1 Å². The quantitative estimate of drug-likeness (QED) is 0.397. The summed E-state index contributed by atoms with van der Waals surface area (Å²) in [5, 5.41) is 8.81. The maximum Gasteiger partial charge on any atom is 0.0669 e. The van der Waals surface area contributed by atoms with Crippen molar-refractivity contribution in [2.45, 2.75) is 84.0 Å². The van der Waals surface area contributed by atoms with Gasteiger partial charge in [-0.15, -0.1) is 0 Å². The summed E-state index contributed by atoms with van der Waals surface area (Å²) in [7, 11) is 0. The Bertz CT molecular complexity index is 757. The van der Waals surface area contributed by atoms with E-state index in [2.05, 4.69) is 68.4 Å². The van der Waals surface area contributed by atoms with E-state index >= 15 is 0 Å². The molecule has 0 N–H and O–H groups in total. The first-order chi connectivity index (χ1) is 14.2. The number of unbranched alkanes of at least 4 members (excludes halogenated alkanes) is 3. The van der Waals surface area contributed by atoms with E-state index in [1.54, 1.807) is 0 Å². The lowest BCUT2D eigenvalue weighted by molar-refractivity contribution is 0.231. The van der Waals surface area contributed by atoms with Crippen LogP contribution < -0.4 is 0 Å². The van der Waals surface area contributed by atoms with Crippen LogP contribution in [0.4, 0.5) is 0 Å². The molecule has 1 aliphatic carbocycles. The molecule has 0 radical (unpaired) electrons. The normalized spacial score (nSPS) is 20.2. The largest absolute Gasteiger partial charge is 0.198 e. The zero-order valence-electron chi connectivity index (χ0n) is 18.4. The first-order valence-electron chi connectivity index (χ1n) is 11.8. The van der Waals surface area contributed by atoms with E-state index in [0.717, 1.165) is 23.3 Å². The Morgan fingerprint density at radius 2 is 1.48 bits per heavy atom. The predicted octanol–water partition coefficient (Wildman–Crippen LogP) is 8.30. The highest BCUT2D eigenvalue weighted by Gasteiger charge is 2.25. The van der Waals surface area contributed by atoms with Gasteiger partial charge in [0.15, 0.2) is 0 Å². The lowest BCUT2D eigenvalue weighted by Gasteiger charge is -2.32. The third-order valence-corrected chi connectivity index (χ3v) is 7.04. The minimum Gasteiger partial charge on any atom is -0.198 e. The van der Waals surface area contributed by atoms with Crippen LogP contribution in [0.3, 0.4) is 0 Å². The molecule has 0 amide bonds. The van der Waals surface area contributed by atoms with E-state index in [9.17, 15) is 0 Å². The van der Waals surface area contributed by atoms with Crippen molar-refractivity contribution in [1.29, 1.82) is 5.26 Å². The number of nitrogens with zero attached hydrogens (tertiary/aromatic N) is 1. The molecule has 1 atom stereocenters. The maximum atomic E-state index is 8.81. The molecule has 0 aliphatic heterocycles. The Morgan fingerprint density at radius 1 is 0.862 bits per heavy atom. The average Bonchev–Trinajstić information content (AvgIpc) is 2.78. The van der Waals surface area contributed by atoms with Crippen LogP contribution in [0.15, 0.2) is 48.5 Å². The monoisotopic (exact) mass is 387 g/mol. The first-order valence-corrected chi connectivity index (χ1v) is 11.8. The van der Waals surface area contributed by atoms with Gasteiger partial charge in [0, 0.05) is 0 Å². The Hall–Kier alpha value is -2.07. The van der Waals surface area contributed by atoms with Gasteiger partial charge in [-0.3, -0.25) is 0 Å². The Labute approximate surface area is 178 Å². The summed E-state index contributed by atoms with van der Waals surface area (Å²) in [6.45, 7) is 4.79. The molecular formula is C28H37N. The van der Waals surface area contributed by atoms with Gasteiger partial charge in [0.1, 0.15) is 0 Å². The standard InChI is InChI=1S/C28H37N/c1-3-4-5-6-7-22(2)24-12-14-26(15-13-24)28-18-16-27(17-19-28)25-10-8-23(9-11-25)20-21-29/h8-11,16-19,22,24,26H,3-7,12-15,20H2,1-2H3/t22?,24-,26-. The van der Waals surface area contributed by atoms with Gasteiger partial charge in [0.05, 0.1) is 12.5 Å². The fraction of sp³-hybridized carbons (Fsp3) is 0.536. The van der Waals surface area contributed by atoms with Crippen molar-refractivity contribution >= 4 is 0 Å². The van der Waals surface area contributed by atoms with Crippen LogP contribution in [-0.4, -0.2) is 0 Å². The Kier molecular flexibility index (Phi) is 8.36. The Balaban J connectivity index is 1.50. The van der Waals surface area contributed by atoms with Gasteiger partial charge in [-0.1, -0.05) is 94.5 Å². The van der Waals surface area contributed by atoms with Crippen LogP contribution >= 0.6 is 0 Å². The number of rotatable bonds is 9. The molecule has 29 heavy (non-hydrogen) atoms. The van der Waals surface area contributed by atoms with Crippen molar-refractivity contribution in [1.82, 2.24) is 0 Å². The molecule has 1 unspecified atom stereocenters. The lowest BCUT2D eigenvalue weighted by atomic mass is 9.73. The van der Waals surface area contributed by atoms with E-state index in [-0.39, 0.29) is 0 Å². The second kappa shape index (κ2) is 11.2. The summed E-state index contributed by atoms with van der Waals surface area (Å²) in [4.78, 5) is 0. The molecule has 154 valence electrons. The van der Waals surface area contributed by atoms with Crippen LogP contribution in [0.5, 0.6) is 0 Å². The number of benzene rings is 2. The minimum atomic E-state index is 0.485. The highest BCUT2D eigenvalue weighted by atomic mass is 14.3. The van der Waals surface area contributed by atoms with Gasteiger partial charge in [0.25, 0.3) is 0 Å². The highest BCUT2D eigenvalue weighted by molar-refractivity contribution is 5.64. The highest BCUT2D eigenvalue weighted by Crippen LogP contribution is 2.40. The molecule has 0 aromatic heterocycles. The molecule has 0 saturated heterocycles. The number of nitriles is 1. The third-order valence-electron chi connectivity index (χ3n) is 7.04. The van der Waals surface area contributed by atoms with Gasteiger partial charge in [0.2, 0.25) is 0 Å². The van der Waals surface area contributed by atoms with Crippen LogP contribution in [0, 0.1) is 23.2 Å². The number of hydrogen-bond donors (Lipinski definition) is 0. The molecule has 1 nitrogen and oxygen atoms in total. The van der Waals surface area contributed by atoms with Crippen LogP contribution in [0.1, 0.15) is 88.7 Å². The van der Waals surface area contributed by atoms with Gasteiger partial charge in [-0.25, -0.2) is 0 Å². The zero-order chi connectivity index (χ0) is 20.5. The molecule has 2 aromatic rings. The van der Waals surface area contributed by atoms with E-state index in [1.807, 2.05) is 0 Å². The predicted molar refractivity (Wildman–Crippen MR) is 124 cm³/mol. The minimum absolute atomic E-state index is 0.485. The molecule has 1 heteroatoms. The van der Waals surface area contributed by atoms with Crippen molar-refractivity contribution in [2.75, 3.05) is 0 Å². The van der Waals surface area contributed by atoms with E-state index < -0.39 is 0 Å². The van der Waals surface area contributed by atoms with E-state index in [0.29, 0.717) is 6.42 Å². The van der Waals surface area contributed by atoms with Crippen LogP contribution in [0.2, 0.25) is 0 Å².